The first-order valence-electron chi connectivity index (χ1n) is 13.1. The average molecular weight is 470 g/mol. The smallest absolute Gasteiger partial charge is 0.228 e. The van der Waals surface area contributed by atoms with Crippen LogP contribution < -0.4 is 0 Å². The number of benzene rings is 2. The Hall–Kier alpha value is -2.92. The number of amides is 1. The number of rotatable bonds is 6. The van der Waals surface area contributed by atoms with E-state index >= 15 is 0 Å². The summed E-state index contributed by atoms with van der Waals surface area (Å²) in [6, 6.07) is 18.9. The Morgan fingerprint density at radius 1 is 1.06 bits per heavy atom. The highest BCUT2D eigenvalue weighted by Crippen LogP contribution is 2.57. The van der Waals surface area contributed by atoms with Crippen molar-refractivity contribution in [2.75, 3.05) is 7.05 Å². The molecule has 5 heteroatoms. The quantitative estimate of drug-likeness (QED) is 0.512. The molecule has 2 atom stereocenters. The van der Waals surface area contributed by atoms with E-state index in [9.17, 15) is 9.90 Å². The molecular weight excluding hydrogens is 434 g/mol. The van der Waals surface area contributed by atoms with Crippen LogP contribution >= 0.6 is 0 Å². The first kappa shape index (κ1) is 22.5. The SMILES string of the molecule is CN(Cc1ccccc1)C(=O)C12CCCC(C(O)CC3c4ccccc4-c4cncn43)(CC1)CC2. The molecule has 3 aliphatic carbocycles. The molecule has 1 aliphatic heterocycles. The molecule has 2 aromatic carbocycles. The zero-order valence-corrected chi connectivity index (χ0v) is 20.6. The number of hydrogen-bond acceptors (Lipinski definition) is 3. The summed E-state index contributed by atoms with van der Waals surface area (Å²) in [7, 11) is 1.95. The second kappa shape index (κ2) is 8.63. The number of carbonyl (C=O) groups excluding carboxylic acids is 1. The van der Waals surface area contributed by atoms with Crippen LogP contribution in [0.15, 0.2) is 67.1 Å². The van der Waals surface area contributed by atoms with Crippen molar-refractivity contribution in [3.05, 3.63) is 78.2 Å². The predicted molar refractivity (Wildman–Crippen MR) is 137 cm³/mol. The van der Waals surface area contributed by atoms with E-state index in [1.165, 1.54) is 16.7 Å². The summed E-state index contributed by atoms with van der Waals surface area (Å²) < 4.78 is 2.23. The van der Waals surface area contributed by atoms with Gasteiger partial charge in [-0.05, 0) is 61.5 Å². The summed E-state index contributed by atoms with van der Waals surface area (Å²) in [6.07, 6.45) is 10.8. The monoisotopic (exact) mass is 469 g/mol. The summed E-state index contributed by atoms with van der Waals surface area (Å²) in [5.74, 6) is 0.291. The highest BCUT2D eigenvalue weighted by Gasteiger charge is 2.53. The standard InChI is InChI=1S/C30H35N3O2/c1-32(20-22-8-3-2-4-9-22)28(35)30-13-7-12-29(14-16-30,15-17-30)27(34)18-25-23-10-5-6-11-24(23)26-19-31-21-33(25)26/h2-6,8-11,19,21,25,27,34H,7,12-18,20H2,1H3. The third-order valence-electron chi connectivity index (χ3n) is 9.35. The Morgan fingerprint density at radius 2 is 1.80 bits per heavy atom. The normalized spacial score (nSPS) is 27.7. The Kier molecular flexibility index (Phi) is 5.56. The molecule has 1 N–H and O–H groups in total. The van der Waals surface area contributed by atoms with E-state index in [2.05, 4.69) is 45.9 Å². The van der Waals surface area contributed by atoms with Gasteiger partial charge in [-0.3, -0.25) is 4.79 Å². The topological polar surface area (TPSA) is 58.4 Å². The molecule has 3 fully saturated rings. The second-order valence-corrected chi connectivity index (χ2v) is 11.2. The molecule has 1 amide bonds. The Balaban J connectivity index is 1.18. The molecule has 0 spiro atoms. The predicted octanol–water partition coefficient (Wildman–Crippen LogP) is 5.59. The van der Waals surface area contributed by atoms with Crippen molar-refractivity contribution < 1.29 is 9.90 Å². The summed E-state index contributed by atoms with van der Waals surface area (Å²) in [6.45, 7) is 0.656. The number of fused-ring (bicyclic) bond motifs is 7. The van der Waals surface area contributed by atoms with Gasteiger partial charge in [0.2, 0.25) is 5.91 Å². The number of hydrogen-bond donors (Lipinski definition) is 1. The molecule has 0 radical (unpaired) electrons. The molecule has 2 heterocycles. The van der Waals surface area contributed by atoms with E-state index in [4.69, 9.17) is 0 Å². The fourth-order valence-electron chi connectivity index (χ4n) is 7.29. The number of aliphatic hydroxyl groups excluding tert-OH is 1. The van der Waals surface area contributed by atoms with Crippen molar-refractivity contribution in [1.29, 1.82) is 0 Å². The van der Waals surface area contributed by atoms with Crippen LogP contribution in [0.25, 0.3) is 11.3 Å². The Labute approximate surface area is 207 Å². The van der Waals surface area contributed by atoms with Crippen molar-refractivity contribution in [3.8, 4) is 11.3 Å². The van der Waals surface area contributed by atoms with Gasteiger partial charge < -0.3 is 14.6 Å². The lowest BCUT2D eigenvalue weighted by Crippen LogP contribution is -2.46. The maximum absolute atomic E-state index is 13.7. The third kappa shape index (κ3) is 3.72. The van der Waals surface area contributed by atoms with E-state index < -0.39 is 0 Å². The minimum absolute atomic E-state index is 0.0867. The lowest BCUT2D eigenvalue weighted by atomic mass is 9.61. The van der Waals surface area contributed by atoms with E-state index in [1.807, 2.05) is 42.7 Å². The van der Waals surface area contributed by atoms with Gasteiger partial charge in [-0.25, -0.2) is 4.98 Å². The van der Waals surface area contributed by atoms with Crippen LogP contribution in [0.5, 0.6) is 0 Å². The lowest BCUT2D eigenvalue weighted by Gasteiger charge is -2.46. The summed E-state index contributed by atoms with van der Waals surface area (Å²) in [5, 5.41) is 11.7. The van der Waals surface area contributed by atoms with Crippen LogP contribution in [-0.2, 0) is 11.3 Å². The summed E-state index contributed by atoms with van der Waals surface area (Å²) >= 11 is 0. The van der Waals surface area contributed by atoms with Gasteiger partial charge in [0.05, 0.1) is 30.4 Å². The average Bonchev–Trinajstić information content (AvgIpc) is 3.34. The molecule has 1 aromatic heterocycles. The first-order valence-corrected chi connectivity index (χ1v) is 13.1. The summed E-state index contributed by atoms with van der Waals surface area (Å²) in [4.78, 5) is 20.0. The van der Waals surface area contributed by atoms with Crippen LogP contribution in [0.1, 0.15) is 68.5 Å². The molecule has 5 nitrogen and oxygen atoms in total. The first-order chi connectivity index (χ1) is 17.0. The van der Waals surface area contributed by atoms with Gasteiger partial charge in [0.15, 0.2) is 0 Å². The third-order valence-corrected chi connectivity index (χ3v) is 9.35. The number of nitrogens with zero attached hydrogens (tertiary/aromatic N) is 3. The van der Waals surface area contributed by atoms with Gasteiger partial charge in [0.25, 0.3) is 0 Å². The van der Waals surface area contributed by atoms with Gasteiger partial charge in [0, 0.05) is 24.6 Å². The number of carbonyl (C=O) groups is 1. The van der Waals surface area contributed by atoms with Crippen LogP contribution in [0.2, 0.25) is 0 Å². The van der Waals surface area contributed by atoms with Crippen molar-refractivity contribution in [1.82, 2.24) is 14.5 Å². The molecule has 3 saturated carbocycles. The maximum Gasteiger partial charge on any atom is 0.228 e. The van der Waals surface area contributed by atoms with Gasteiger partial charge in [-0.2, -0.15) is 0 Å². The molecule has 2 unspecified atom stereocenters. The van der Waals surface area contributed by atoms with Crippen LogP contribution in [0.4, 0.5) is 0 Å². The van der Waals surface area contributed by atoms with Crippen molar-refractivity contribution in [3.63, 3.8) is 0 Å². The molecule has 4 aliphatic rings. The van der Waals surface area contributed by atoms with Crippen molar-refractivity contribution in [2.24, 2.45) is 10.8 Å². The minimum Gasteiger partial charge on any atom is -0.392 e. The fraction of sp³-hybridized carbons (Fsp3) is 0.467. The van der Waals surface area contributed by atoms with E-state index in [0.717, 1.165) is 50.6 Å². The maximum atomic E-state index is 13.7. The van der Waals surface area contributed by atoms with Crippen molar-refractivity contribution in [2.45, 2.75) is 70.1 Å². The fourth-order valence-corrected chi connectivity index (χ4v) is 7.29. The number of aliphatic hydroxyl groups is 1. The molecular formula is C30H35N3O2. The van der Waals surface area contributed by atoms with E-state index in [-0.39, 0.29) is 23.0 Å². The Bertz CT molecular complexity index is 1210. The highest BCUT2D eigenvalue weighted by atomic mass is 16.3. The molecule has 7 rings (SSSR count). The van der Waals surface area contributed by atoms with Crippen LogP contribution in [0, 0.1) is 10.8 Å². The molecule has 0 saturated heterocycles. The lowest BCUT2D eigenvalue weighted by molar-refractivity contribution is -0.145. The largest absolute Gasteiger partial charge is 0.392 e. The van der Waals surface area contributed by atoms with E-state index in [0.29, 0.717) is 18.9 Å². The molecule has 2 bridgehead atoms. The van der Waals surface area contributed by atoms with Crippen LogP contribution in [-0.4, -0.2) is 38.6 Å². The molecule has 3 aromatic rings. The van der Waals surface area contributed by atoms with Gasteiger partial charge in [-0.15, -0.1) is 0 Å². The number of imidazole rings is 1. The van der Waals surface area contributed by atoms with E-state index in [1.54, 1.807) is 0 Å². The summed E-state index contributed by atoms with van der Waals surface area (Å²) in [5.41, 5.74) is 4.49. The van der Waals surface area contributed by atoms with Gasteiger partial charge >= 0.3 is 0 Å². The molecule has 182 valence electrons. The molecule has 35 heavy (non-hydrogen) atoms. The van der Waals surface area contributed by atoms with Gasteiger partial charge in [0.1, 0.15) is 0 Å². The second-order valence-electron chi connectivity index (χ2n) is 11.2. The highest BCUT2D eigenvalue weighted by molar-refractivity contribution is 5.82. The van der Waals surface area contributed by atoms with Gasteiger partial charge in [-0.1, -0.05) is 61.0 Å². The minimum atomic E-state index is -0.387. The Morgan fingerprint density at radius 3 is 2.60 bits per heavy atom. The number of aromatic nitrogens is 2. The zero-order chi connectivity index (χ0) is 24.0. The zero-order valence-electron chi connectivity index (χ0n) is 20.6. The van der Waals surface area contributed by atoms with Crippen LogP contribution in [0.3, 0.4) is 0 Å². The van der Waals surface area contributed by atoms with Crippen molar-refractivity contribution >= 4 is 5.91 Å².